The number of methoxy groups -OCH3 is 1. The van der Waals surface area contributed by atoms with Gasteiger partial charge < -0.3 is 15.0 Å². The second-order valence-corrected chi connectivity index (χ2v) is 5.45. The Morgan fingerprint density at radius 2 is 1.81 bits per heavy atom. The van der Waals surface area contributed by atoms with Crippen LogP contribution < -0.4 is 15.0 Å². The first kappa shape index (κ1) is 13.8. The molecular weight excluding hydrogens is 260 g/mol. The van der Waals surface area contributed by atoms with Crippen LogP contribution in [0.2, 0.25) is 0 Å². The monoisotopic (exact) mass is 282 g/mol. The Morgan fingerprint density at radius 1 is 1.05 bits per heavy atom. The summed E-state index contributed by atoms with van der Waals surface area (Å²) in [5.74, 6) is 0.898. The summed E-state index contributed by atoms with van der Waals surface area (Å²) in [5.41, 5.74) is 3.75. The lowest BCUT2D eigenvalue weighted by molar-refractivity contribution is 0.414. The Bertz CT molecular complexity index is 574. The van der Waals surface area contributed by atoms with E-state index in [9.17, 15) is 0 Å². The Kier molecular flexibility index (Phi) is 4.29. The number of nitrogens with one attached hydrogen (secondary N) is 1. The van der Waals surface area contributed by atoms with E-state index in [-0.39, 0.29) is 0 Å². The molecule has 1 saturated heterocycles. The lowest BCUT2D eigenvalue weighted by Gasteiger charge is -2.18. The van der Waals surface area contributed by atoms with Crippen molar-refractivity contribution in [1.29, 1.82) is 0 Å². The molecule has 110 valence electrons. The van der Waals surface area contributed by atoms with E-state index in [1.54, 1.807) is 7.11 Å². The topological polar surface area (TPSA) is 24.5 Å². The highest BCUT2D eigenvalue weighted by atomic mass is 16.5. The second kappa shape index (κ2) is 6.53. The fourth-order valence-electron chi connectivity index (χ4n) is 2.74. The van der Waals surface area contributed by atoms with Crippen LogP contribution in [0, 0.1) is 0 Å². The van der Waals surface area contributed by atoms with E-state index >= 15 is 0 Å². The number of benzene rings is 2. The second-order valence-electron chi connectivity index (χ2n) is 5.45. The van der Waals surface area contributed by atoms with Crippen LogP contribution in [0.3, 0.4) is 0 Å². The number of hydrogen-bond donors (Lipinski definition) is 1. The van der Waals surface area contributed by atoms with Crippen molar-refractivity contribution in [2.75, 3.05) is 30.4 Å². The highest BCUT2D eigenvalue weighted by Crippen LogP contribution is 2.23. The van der Waals surface area contributed by atoms with E-state index in [2.05, 4.69) is 46.6 Å². The Morgan fingerprint density at radius 3 is 2.52 bits per heavy atom. The van der Waals surface area contributed by atoms with Crippen LogP contribution >= 0.6 is 0 Å². The van der Waals surface area contributed by atoms with Crippen molar-refractivity contribution < 1.29 is 4.74 Å². The van der Waals surface area contributed by atoms with E-state index in [0.717, 1.165) is 12.3 Å². The molecule has 0 amide bonds. The molecule has 0 atom stereocenters. The fraction of sp³-hybridized carbons (Fsp3) is 0.333. The van der Waals surface area contributed by atoms with Gasteiger partial charge in [-0.2, -0.15) is 0 Å². The molecule has 1 aliphatic rings. The molecule has 1 aliphatic heterocycles. The molecule has 2 aromatic rings. The van der Waals surface area contributed by atoms with E-state index in [4.69, 9.17) is 4.74 Å². The summed E-state index contributed by atoms with van der Waals surface area (Å²) >= 11 is 0. The smallest absolute Gasteiger partial charge is 0.118 e. The largest absolute Gasteiger partial charge is 0.497 e. The molecule has 1 N–H and O–H groups in total. The van der Waals surface area contributed by atoms with Crippen molar-refractivity contribution in [3.8, 4) is 5.75 Å². The standard InChI is InChI=1S/C18H22N2O/c1-21-18-9-7-15(8-10-18)14-19-16-5-4-6-17(13-16)20-11-2-3-12-20/h4-10,13,19H,2-3,11-12,14H2,1H3. The molecule has 3 nitrogen and oxygen atoms in total. The van der Waals surface area contributed by atoms with E-state index < -0.39 is 0 Å². The van der Waals surface area contributed by atoms with Crippen LogP contribution in [0.15, 0.2) is 48.5 Å². The maximum Gasteiger partial charge on any atom is 0.118 e. The van der Waals surface area contributed by atoms with Gasteiger partial charge in [0.2, 0.25) is 0 Å². The van der Waals surface area contributed by atoms with Gasteiger partial charge in [0.1, 0.15) is 5.75 Å². The molecule has 0 aliphatic carbocycles. The molecule has 1 fully saturated rings. The third-order valence-corrected chi connectivity index (χ3v) is 3.97. The van der Waals surface area contributed by atoms with Gasteiger partial charge in [-0.05, 0) is 48.7 Å². The first-order chi connectivity index (χ1) is 10.3. The molecule has 1 heterocycles. The normalized spacial score (nSPS) is 14.2. The Hall–Kier alpha value is -2.16. The summed E-state index contributed by atoms with van der Waals surface area (Å²) in [7, 11) is 1.69. The summed E-state index contributed by atoms with van der Waals surface area (Å²) in [6.45, 7) is 3.19. The summed E-state index contributed by atoms with van der Waals surface area (Å²) < 4.78 is 5.18. The van der Waals surface area contributed by atoms with Crippen LogP contribution in [0.5, 0.6) is 5.75 Å². The predicted molar refractivity (Wildman–Crippen MR) is 88.2 cm³/mol. The van der Waals surface area contributed by atoms with Crippen molar-refractivity contribution in [2.24, 2.45) is 0 Å². The summed E-state index contributed by atoms with van der Waals surface area (Å²) in [4.78, 5) is 2.46. The predicted octanol–water partition coefficient (Wildman–Crippen LogP) is 3.91. The van der Waals surface area contributed by atoms with Gasteiger partial charge in [-0.25, -0.2) is 0 Å². The first-order valence-electron chi connectivity index (χ1n) is 7.57. The highest BCUT2D eigenvalue weighted by Gasteiger charge is 2.12. The maximum absolute atomic E-state index is 5.18. The van der Waals surface area contributed by atoms with Crippen molar-refractivity contribution in [3.63, 3.8) is 0 Å². The lowest BCUT2D eigenvalue weighted by Crippen LogP contribution is -2.17. The van der Waals surface area contributed by atoms with Gasteiger partial charge in [0.25, 0.3) is 0 Å². The van der Waals surface area contributed by atoms with Crippen LogP contribution in [0.4, 0.5) is 11.4 Å². The molecule has 0 aromatic heterocycles. The van der Waals surface area contributed by atoms with E-state index in [0.29, 0.717) is 0 Å². The van der Waals surface area contributed by atoms with Crippen molar-refractivity contribution >= 4 is 11.4 Å². The van der Waals surface area contributed by atoms with Gasteiger partial charge in [-0.1, -0.05) is 18.2 Å². The SMILES string of the molecule is COc1ccc(CNc2cccc(N3CCCC3)c2)cc1. The molecule has 2 aromatic carbocycles. The van der Waals surface area contributed by atoms with E-state index in [1.807, 2.05) is 12.1 Å². The molecule has 0 spiro atoms. The van der Waals surface area contributed by atoms with Gasteiger partial charge in [-0.15, -0.1) is 0 Å². The zero-order valence-corrected chi connectivity index (χ0v) is 12.5. The number of nitrogens with zero attached hydrogens (tertiary/aromatic N) is 1. The molecule has 3 heteroatoms. The number of anilines is 2. The zero-order chi connectivity index (χ0) is 14.5. The van der Waals surface area contributed by atoms with Gasteiger partial charge in [0.15, 0.2) is 0 Å². The fourth-order valence-corrected chi connectivity index (χ4v) is 2.74. The summed E-state index contributed by atoms with van der Waals surface area (Å²) in [6.07, 6.45) is 2.62. The number of ether oxygens (including phenoxy) is 1. The Labute approximate surface area is 126 Å². The van der Waals surface area contributed by atoms with Crippen LogP contribution in [-0.2, 0) is 6.54 Å². The van der Waals surface area contributed by atoms with Gasteiger partial charge in [0, 0.05) is 31.0 Å². The van der Waals surface area contributed by atoms with Gasteiger partial charge in [-0.3, -0.25) is 0 Å². The molecule has 0 saturated carbocycles. The third kappa shape index (κ3) is 3.48. The van der Waals surface area contributed by atoms with E-state index in [1.165, 1.54) is 42.9 Å². The molecule has 0 unspecified atom stereocenters. The Balaban J connectivity index is 1.62. The average molecular weight is 282 g/mol. The van der Waals surface area contributed by atoms with Crippen LogP contribution in [0.25, 0.3) is 0 Å². The quantitative estimate of drug-likeness (QED) is 0.900. The maximum atomic E-state index is 5.18. The molecular formula is C18H22N2O. The summed E-state index contributed by atoms with van der Waals surface area (Å²) in [5, 5.41) is 3.49. The first-order valence-corrected chi connectivity index (χ1v) is 7.57. The van der Waals surface area contributed by atoms with Crippen molar-refractivity contribution in [1.82, 2.24) is 0 Å². The number of hydrogen-bond acceptors (Lipinski definition) is 3. The molecule has 0 radical (unpaired) electrons. The van der Waals surface area contributed by atoms with Crippen molar-refractivity contribution in [2.45, 2.75) is 19.4 Å². The van der Waals surface area contributed by atoms with Gasteiger partial charge in [0.05, 0.1) is 7.11 Å². The van der Waals surface area contributed by atoms with Crippen LogP contribution in [-0.4, -0.2) is 20.2 Å². The van der Waals surface area contributed by atoms with Crippen molar-refractivity contribution in [3.05, 3.63) is 54.1 Å². The lowest BCUT2D eigenvalue weighted by atomic mass is 10.2. The minimum absolute atomic E-state index is 0.827. The third-order valence-electron chi connectivity index (χ3n) is 3.97. The zero-order valence-electron chi connectivity index (χ0n) is 12.5. The number of rotatable bonds is 5. The minimum atomic E-state index is 0.827. The summed E-state index contributed by atoms with van der Waals surface area (Å²) in [6, 6.07) is 16.9. The van der Waals surface area contributed by atoms with Gasteiger partial charge >= 0.3 is 0 Å². The minimum Gasteiger partial charge on any atom is -0.497 e. The highest BCUT2D eigenvalue weighted by molar-refractivity contribution is 5.58. The van der Waals surface area contributed by atoms with Crippen LogP contribution in [0.1, 0.15) is 18.4 Å². The average Bonchev–Trinajstić information content (AvgIpc) is 3.08. The molecule has 0 bridgehead atoms. The molecule has 21 heavy (non-hydrogen) atoms. The molecule has 3 rings (SSSR count).